The Kier molecular flexibility index (Phi) is 7.67. The van der Waals surface area contributed by atoms with Crippen LogP contribution in [0.4, 0.5) is 4.39 Å². The van der Waals surface area contributed by atoms with Crippen LogP contribution in [0.2, 0.25) is 0 Å². The van der Waals surface area contributed by atoms with Crippen LogP contribution in [0.3, 0.4) is 0 Å². The van der Waals surface area contributed by atoms with Gasteiger partial charge in [0, 0.05) is 20.1 Å². The number of nitrogens with one attached hydrogen (secondary N) is 2. The van der Waals surface area contributed by atoms with Gasteiger partial charge in [-0.2, -0.15) is 0 Å². The third-order valence-electron chi connectivity index (χ3n) is 5.27. The summed E-state index contributed by atoms with van der Waals surface area (Å²) >= 11 is 0. The van der Waals surface area contributed by atoms with E-state index >= 15 is 0 Å². The Morgan fingerprint density at radius 3 is 2.73 bits per heavy atom. The van der Waals surface area contributed by atoms with Crippen LogP contribution in [-0.2, 0) is 11.3 Å². The maximum absolute atomic E-state index is 13.3. The second-order valence-corrected chi connectivity index (χ2v) is 7.36. The first-order valence-corrected chi connectivity index (χ1v) is 9.00. The number of rotatable bonds is 5. The SMILES string of the molecule is CN(C)C(=O)CNC(=NCc1cccc(F)c1)NC1CC2CCC1C2.I. The number of carbonyl (C=O) groups is 1. The Hall–Kier alpha value is -1.38. The zero-order valence-electron chi connectivity index (χ0n) is 15.4. The summed E-state index contributed by atoms with van der Waals surface area (Å²) < 4.78 is 13.3. The number of aliphatic imine (C=N–C) groups is 1. The first kappa shape index (κ1) is 20.9. The summed E-state index contributed by atoms with van der Waals surface area (Å²) in [7, 11) is 3.47. The Morgan fingerprint density at radius 2 is 2.12 bits per heavy atom. The van der Waals surface area contributed by atoms with E-state index in [4.69, 9.17) is 0 Å². The molecule has 3 rings (SSSR count). The average molecular weight is 474 g/mol. The van der Waals surface area contributed by atoms with Crippen molar-refractivity contribution in [2.75, 3.05) is 20.6 Å². The molecule has 3 unspecified atom stereocenters. The molecule has 144 valence electrons. The average Bonchev–Trinajstić information content (AvgIpc) is 3.19. The molecule has 0 saturated heterocycles. The zero-order valence-corrected chi connectivity index (χ0v) is 17.7. The second-order valence-electron chi connectivity index (χ2n) is 7.36. The summed E-state index contributed by atoms with van der Waals surface area (Å²) in [6.07, 6.45) is 5.08. The quantitative estimate of drug-likeness (QED) is 0.392. The number of guanidine groups is 1. The third kappa shape index (κ3) is 5.56. The molecule has 2 N–H and O–H groups in total. The third-order valence-corrected chi connectivity index (χ3v) is 5.27. The fourth-order valence-corrected chi connectivity index (χ4v) is 3.87. The van der Waals surface area contributed by atoms with Gasteiger partial charge in [-0.25, -0.2) is 9.38 Å². The second kappa shape index (κ2) is 9.53. The molecular formula is C19H28FIN4O. The molecular weight excluding hydrogens is 446 g/mol. The van der Waals surface area contributed by atoms with Crippen molar-refractivity contribution in [1.82, 2.24) is 15.5 Å². The minimum absolute atomic E-state index is 0. The van der Waals surface area contributed by atoms with Crippen LogP contribution in [0.1, 0.15) is 31.2 Å². The van der Waals surface area contributed by atoms with Crippen LogP contribution in [0.25, 0.3) is 0 Å². The van der Waals surface area contributed by atoms with Gasteiger partial charge in [0.15, 0.2) is 5.96 Å². The highest BCUT2D eigenvalue weighted by atomic mass is 127. The number of hydrogen-bond donors (Lipinski definition) is 2. The zero-order chi connectivity index (χ0) is 17.8. The number of benzene rings is 1. The molecule has 0 aliphatic heterocycles. The lowest BCUT2D eigenvalue weighted by atomic mass is 9.95. The fraction of sp³-hybridized carbons (Fsp3) is 0.579. The van der Waals surface area contributed by atoms with Gasteiger partial charge in [-0.05, 0) is 48.8 Å². The van der Waals surface area contributed by atoms with E-state index in [0.29, 0.717) is 24.5 Å². The van der Waals surface area contributed by atoms with Crippen molar-refractivity contribution >= 4 is 35.8 Å². The molecule has 5 nitrogen and oxygen atoms in total. The molecule has 7 heteroatoms. The molecule has 2 aliphatic rings. The molecule has 0 radical (unpaired) electrons. The van der Waals surface area contributed by atoms with Crippen LogP contribution in [-0.4, -0.2) is 43.4 Å². The Balaban J connectivity index is 0.00000243. The molecule has 3 atom stereocenters. The Labute approximate surface area is 171 Å². The van der Waals surface area contributed by atoms with Gasteiger partial charge in [0.05, 0.1) is 13.1 Å². The normalized spacial score (nSPS) is 24.1. The van der Waals surface area contributed by atoms with Crippen LogP contribution in [0.5, 0.6) is 0 Å². The van der Waals surface area contributed by atoms with Crippen molar-refractivity contribution < 1.29 is 9.18 Å². The standard InChI is InChI=1S/C19H27FN4O.HI/c1-24(2)18(25)12-22-19(21-11-14-4-3-5-16(20)9-14)23-17-10-13-6-7-15(17)8-13;/h3-5,9,13,15,17H,6-8,10-12H2,1-2H3,(H2,21,22,23);1H. The minimum Gasteiger partial charge on any atom is -0.353 e. The number of likely N-dealkylation sites (N-methyl/N-ethyl adjacent to an activating group) is 1. The highest BCUT2D eigenvalue weighted by molar-refractivity contribution is 14.0. The summed E-state index contributed by atoms with van der Waals surface area (Å²) in [6, 6.07) is 6.88. The lowest BCUT2D eigenvalue weighted by Crippen LogP contribution is -2.48. The smallest absolute Gasteiger partial charge is 0.241 e. The molecule has 0 aromatic heterocycles. The van der Waals surface area contributed by atoms with Gasteiger partial charge in [0.25, 0.3) is 0 Å². The monoisotopic (exact) mass is 474 g/mol. The van der Waals surface area contributed by atoms with E-state index in [0.717, 1.165) is 11.5 Å². The summed E-state index contributed by atoms with van der Waals surface area (Å²) in [5, 5.41) is 6.63. The first-order valence-electron chi connectivity index (χ1n) is 9.00. The Morgan fingerprint density at radius 1 is 1.31 bits per heavy atom. The number of fused-ring (bicyclic) bond motifs is 2. The van der Waals surface area contributed by atoms with E-state index in [1.54, 1.807) is 25.1 Å². The highest BCUT2D eigenvalue weighted by Gasteiger charge is 2.39. The molecule has 0 heterocycles. The Bertz CT molecular complexity index is 652. The molecule has 2 fully saturated rings. The molecule has 2 aliphatic carbocycles. The lowest BCUT2D eigenvalue weighted by molar-refractivity contribution is -0.127. The molecule has 1 amide bonds. The predicted octanol–water partition coefficient (Wildman–Crippen LogP) is 2.76. The van der Waals surface area contributed by atoms with Crippen molar-refractivity contribution in [1.29, 1.82) is 0 Å². The van der Waals surface area contributed by atoms with Crippen LogP contribution in [0.15, 0.2) is 29.3 Å². The molecule has 2 bridgehead atoms. The number of carbonyl (C=O) groups excluding carboxylic acids is 1. The van der Waals surface area contributed by atoms with Gasteiger partial charge in [0.1, 0.15) is 5.82 Å². The van der Waals surface area contributed by atoms with Gasteiger partial charge < -0.3 is 15.5 Å². The van der Waals surface area contributed by atoms with Crippen molar-refractivity contribution in [3.8, 4) is 0 Å². The fourth-order valence-electron chi connectivity index (χ4n) is 3.87. The lowest BCUT2D eigenvalue weighted by Gasteiger charge is -2.25. The van der Waals surface area contributed by atoms with E-state index in [1.165, 1.54) is 37.8 Å². The largest absolute Gasteiger partial charge is 0.353 e. The summed E-state index contributed by atoms with van der Waals surface area (Å²) in [4.78, 5) is 18.0. The summed E-state index contributed by atoms with van der Waals surface area (Å²) in [6.45, 7) is 0.576. The summed E-state index contributed by atoms with van der Waals surface area (Å²) in [5.74, 6) is 1.90. The topological polar surface area (TPSA) is 56.7 Å². The number of amides is 1. The van der Waals surface area contributed by atoms with E-state index in [9.17, 15) is 9.18 Å². The van der Waals surface area contributed by atoms with Crippen LogP contribution < -0.4 is 10.6 Å². The maximum atomic E-state index is 13.3. The molecule has 2 saturated carbocycles. The maximum Gasteiger partial charge on any atom is 0.241 e. The van der Waals surface area contributed by atoms with Crippen molar-refractivity contribution in [3.63, 3.8) is 0 Å². The molecule has 1 aromatic rings. The number of nitrogens with zero attached hydrogens (tertiary/aromatic N) is 2. The number of hydrogen-bond acceptors (Lipinski definition) is 2. The number of halogens is 2. The molecule has 26 heavy (non-hydrogen) atoms. The molecule has 1 aromatic carbocycles. The van der Waals surface area contributed by atoms with Gasteiger partial charge in [-0.15, -0.1) is 24.0 Å². The van der Waals surface area contributed by atoms with E-state index < -0.39 is 0 Å². The predicted molar refractivity (Wildman–Crippen MR) is 112 cm³/mol. The molecule has 0 spiro atoms. The van der Waals surface area contributed by atoms with Crippen molar-refractivity contribution in [2.24, 2.45) is 16.8 Å². The highest BCUT2D eigenvalue weighted by Crippen LogP contribution is 2.44. The van der Waals surface area contributed by atoms with Crippen molar-refractivity contribution in [3.05, 3.63) is 35.6 Å². The van der Waals surface area contributed by atoms with Crippen molar-refractivity contribution in [2.45, 2.75) is 38.3 Å². The van der Waals surface area contributed by atoms with E-state index in [-0.39, 0.29) is 42.2 Å². The first-order chi connectivity index (χ1) is 12.0. The van der Waals surface area contributed by atoms with E-state index in [1.807, 2.05) is 6.07 Å². The minimum atomic E-state index is -0.258. The van der Waals surface area contributed by atoms with Crippen LogP contribution >= 0.6 is 24.0 Å². The van der Waals surface area contributed by atoms with Gasteiger partial charge >= 0.3 is 0 Å². The van der Waals surface area contributed by atoms with Gasteiger partial charge in [-0.1, -0.05) is 18.6 Å². The van der Waals surface area contributed by atoms with Crippen LogP contribution in [0, 0.1) is 17.7 Å². The van der Waals surface area contributed by atoms with E-state index in [2.05, 4.69) is 15.6 Å². The summed E-state index contributed by atoms with van der Waals surface area (Å²) in [5.41, 5.74) is 0.813. The van der Waals surface area contributed by atoms with Gasteiger partial charge in [0.2, 0.25) is 5.91 Å². The van der Waals surface area contributed by atoms with Gasteiger partial charge in [-0.3, -0.25) is 4.79 Å².